The summed E-state index contributed by atoms with van der Waals surface area (Å²) in [6.45, 7) is 8.74. The van der Waals surface area contributed by atoms with Gasteiger partial charge in [0.25, 0.3) is 5.91 Å². The summed E-state index contributed by atoms with van der Waals surface area (Å²) in [5, 5.41) is 0. The molecule has 1 fully saturated rings. The van der Waals surface area contributed by atoms with Crippen molar-refractivity contribution >= 4 is 5.91 Å². The molecule has 0 N–H and O–H groups in total. The molecule has 3 nitrogen and oxygen atoms in total. The number of carbonyl (C=O) groups is 1. The van der Waals surface area contributed by atoms with Gasteiger partial charge in [0, 0.05) is 19.2 Å². The number of ether oxygens (including phenoxy) is 1. The first-order chi connectivity index (χ1) is 6.31. The molecule has 0 aromatic rings. The van der Waals surface area contributed by atoms with Crippen LogP contribution in [0.3, 0.4) is 0 Å². The maximum atomic E-state index is 12.1. The molecule has 0 unspecified atom stereocenters. The summed E-state index contributed by atoms with van der Waals surface area (Å²) in [6, 6.07) is 0. The standard InChI is InChI=1S/C11H21NO2/c1-10(2)7-6-8-12(10)9(13)11(3,4)14-5/h6-8H2,1-5H3. The zero-order chi connectivity index (χ0) is 11.0. The fourth-order valence-corrected chi connectivity index (χ4v) is 1.90. The second kappa shape index (κ2) is 3.54. The zero-order valence-electron chi connectivity index (χ0n) is 9.89. The van der Waals surface area contributed by atoms with E-state index in [1.165, 1.54) is 0 Å². The molecule has 0 spiro atoms. The number of methoxy groups -OCH3 is 1. The van der Waals surface area contributed by atoms with E-state index in [1.807, 2.05) is 18.7 Å². The molecule has 0 aromatic heterocycles. The van der Waals surface area contributed by atoms with Crippen LogP contribution in [0.4, 0.5) is 0 Å². The van der Waals surface area contributed by atoms with Crippen molar-refractivity contribution in [1.82, 2.24) is 4.90 Å². The quantitative estimate of drug-likeness (QED) is 0.679. The molecule has 0 aromatic carbocycles. The van der Waals surface area contributed by atoms with Gasteiger partial charge in [0.1, 0.15) is 5.60 Å². The lowest BCUT2D eigenvalue weighted by Gasteiger charge is -2.36. The fraction of sp³-hybridized carbons (Fsp3) is 0.909. The number of nitrogens with zero attached hydrogens (tertiary/aromatic N) is 1. The first kappa shape index (κ1) is 11.5. The Labute approximate surface area is 86.4 Å². The van der Waals surface area contributed by atoms with Crippen molar-refractivity contribution in [2.75, 3.05) is 13.7 Å². The van der Waals surface area contributed by atoms with Crippen LogP contribution in [0.15, 0.2) is 0 Å². The molecule has 0 saturated carbocycles. The number of amides is 1. The van der Waals surface area contributed by atoms with Crippen molar-refractivity contribution in [2.24, 2.45) is 0 Å². The largest absolute Gasteiger partial charge is 0.369 e. The number of likely N-dealkylation sites (tertiary alicyclic amines) is 1. The number of carbonyl (C=O) groups excluding carboxylic acids is 1. The van der Waals surface area contributed by atoms with E-state index >= 15 is 0 Å². The predicted octanol–water partition coefficient (Wildman–Crippen LogP) is 1.81. The van der Waals surface area contributed by atoms with E-state index in [0.717, 1.165) is 19.4 Å². The van der Waals surface area contributed by atoms with Crippen molar-refractivity contribution in [2.45, 2.75) is 51.7 Å². The molecule has 1 rings (SSSR count). The molecule has 0 aliphatic carbocycles. The van der Waals surface area contributed by atoms with Gasteiger partial charge in [0.2, 0.25) is 0 Å². The van der Waals surface area contributed by atoms with Gasteiger partial charge in [-0.1, -0.05) is 0 Å². The third-order valence-corrected chi connectivity index (χ3v) is 3.17. The summed E-state index contributed by atoms with van der Waals surface area (Å²) >= 11 is 0. The van der Waals surface area contributed by atoms with Gasteiger partial charge in [-0.2, -0.15) is 0 Å². The molecule has 14 heavy (non-hydrogen) atoms. The van der Waals surface area contributed by atoms with Crippen LogP contribution in [-0.4, -0.2) is 35.6 Å². The number of hydrogen-bond acceptors (Lipinski definition) is 2. The summed E-state index contributed by atoms with van der Waals surface area (Å²) < 4.78 is 5.21. The Morgan fingerprint density at radius 3 is 2.36 bits per heavy atom. The first-order valence-electron chi connectivity index (χ1n) is 5.18. The Kier molecular flexibility index (Phi) is 2.91. The zero-order valence-corrected chi connectivity index (χ0v) is 9.89. The Hall–Kier alpha value is -0.570. The highest BCUT2D eigenvalue weighted by molar-refractivity contribution is 5.85. The topological polar surface area (TPSA) is 29.5 Å². The van der Waals surface area contributed by atoms with Crippen LogP contribution in [0, 0.1) is 0 Å². The predicted molar refractivity (Wildman–Crippen MR) is 56.1 cm³/mol. The van der Waals surface area contributed by atoms with E-state index in [9.17, 15) is 4.79 Å². The molecule has 0 bridgehead atoms. The second-order valence-electron chi connectivity index (χ2n) is 5.09. The summed E-state index contributed by atoms with van der Waals surface area (Å²) in [5.41, 5.74) is -0.700. The maximum absolute atomic E-state index is 12.1. The molecule has 1 aliphatic heterocycles. The molecular weight excluding hydrogens is 178 g/mol. The van der Waals surface area contributed by atoms with E-state index in [0.29, 0.717) is 0 Å². The van der Waals surface area contributed by atoms with E-state index in [2.05, 4.69) is 13.8 Å². The molecule has 3 heteroatoms. The molecule has 1 aliphatic rings. The molecule has 1 amide bonds. The Balaban J connectivity index is 2.80. The van der Waals surface area contributed by atoms with Crippen LogP contribution in [0.25, 0.3) is 0 Å². The van der Waals surface area contributed by atoms with Gasteiger partial charge >= 0.3 is 0 Å². The van der Waals surface area contributed by atoms with Crippen LogP contribution in [0.2, 0.25) is 0 Å². The Morgan fingerprint density at radius 1 is 1.43 bits per heavy atom. The lowest BCUT2D eigenvalue weighted by Crippen LogP contribution is -2.52. The summed E-state index contributed by atoms with van der Waals surface area (Å²) in [6.07, 6.45) is 2.18. The first-order valence-corrected chi connectivity index (χ1v) is 5.18. The second-order valence-corrected chi connectivity index (χ2v) is 5.09. The minimum absolute atomic E-state index is 0.00706. The van der Waals surface area contributed by atoms with Gasteiger partial charge in [0.05, 0.1) is 0 Å². The fourth-order valence-electron chi connectivity index (χ4n) is 1.90. The van der Waals surface area contributed by atoms with E-state index < -0.39 is 5.60 Å². The summed E-state index contributed by atoms with van der Waals surface area (Å²) in [7, 11) is 1.58. The minimum atomic E-state index is -0.693. The van der Waals surface area contributed by atoms with E-state index in [4.69, 9.17) is 4.74 Å². The SMILES string of the molecule is COC(C)(C)C(=O)N1CCCC1(C)C. The van der Waals surface area contributed by atoms with Crippen LogP contribution in [0.1, 0.15) is 40.5 Å². The third kappa shape index (κ3) is 1.92. The van der Waals surface area contributed by atoms with Gasteiger partial charge in [0.15, 0.2) is 0 Å². The third-order valence-electron chi connectivity index (χ3n) is 3.17. The van der Waals surface area contributed by atoms with Crippen molar-refractivity contribution in [3.63, 3.8) is 0 Å². The van der Waals surface area contributed by atoms with Crippen LogP contribution < -0.4 is 0 Å². The Morgan fingerprint density at radius 2 is 2.00 bits per heavy atom. The lowest BCUT2D eigenvalue weighted by atomic mass is 9.99. The highest BCUT2D eigenvalue weighted by Gasteiger charge is 2.41. The van der Waals surface area contributed by atoms with Crippen molar-refractivity contribution in [1.29, 1.82) is 0 Å². The number of rotatable bonds is 2. The smallest absolute Gasteiger partial charge is 0.254 e. The van der Waals surface area contributed by atoms with Gasteiger partial charge < -0.3 is 9.64 Å². The summed E-state index contributed by atoms with van der Waals surface area (Å²) in [5.74, 6) is 0.0995. The van der Waals surface area contributed by atoms with Crippen molar-refractivity contribution in [3.05, 3.63) is 0 Å². The van der Waals surface area contributed by atoms with Crippen molar-refractivity contribution < 1.29 is 9.53 Å². The van der Waals surface area contributed by atoms with Gasteiger partial charge in [-0.15, -0.1) is 0 Å². The van der Waals surface area contributed by atoms with E-state index in [-0.39, 0.29) is 11.4 Å². The Bertz CT molecular complexity index is 233. The molecule has 1 saturated heterocycles. The average molecular weight is 199 g/mol. The van der Waals surface area contributed by atoms with Gasteiger partial charge in [-0.05, 0) is 40.5 Å². The van der Waals surface area contributed by atoms with E-state index in [1.54, 1.807) is 7.11 Å². The van der Waals surface area contributed by atoms with Crippen LogP contribution in [0.5, 0.6) is 0 Å². The molecular formula is C11H21NO2. The minimum Gasteiger partial charge on any atom is -0.369 e. The highest BCUT2D eigenvalue weighted by Crippen LogP contribution is 2.30. The monoisotopic (exact) mass is 199 g/mol. The number of hydrogen-bond donors (Lipinski definition) is 0. The maximum Gasteiger partial charge on any atom is 0.254 e. The van der Waals surface area contributed by atoms with Crippen molar-refractivity contribution in [3.8, 4) is 0 Å². The molecule has 0 atom stereocenters. The lowest BCUT2D eigenvalue weighted by molar-refractivity contribution is -0.154. The molecule has 82 valence electrons. The summed E-state index contributed by atoms with van der Waals surface area (Å²) in [4.78, 5) is 14.1. The normalized spacial score (nSPS) is 21.4. The highest BCUT2D eigenvalue weighted by atomic mass is 16.5. The van der Waals surface area contributed by atoms with Gasteiger partial charge in [-0.3, -0.25) is 4.79 Å². The molecule has 0 radical (unpaired) electrons. The molecule has 1 heterocycles. The van der Waals surface area contributed by atoms with Crippen LogP contribution in [-0.2, 0) is 9.53 Å². The van der Waals surface area contributed by atoms with Gasteiger partial charge in [-0.25, -0.2) is 0 Å². The van der Waals surface area contributed by atoms with Crippen LogP contribution >= 0.6 is 0 Å². The average Bonchev–Trinajstić information content (AvgIpc) is 2.44.